The lowest BCUT2D eigenvalue weighted by Crippen LogP contribution is -2.30. The molecule has 0 radical (unpaired) electrons. The lowest BCUT2D eigenvalue weighted by Gasteiger charge is -2.31. The molecule has 1 fully saturated rings. The van der Waals surface area contributed by atoms with E-state index in [1.165, 1.54) is 35.1 Å². The zero-order chi connectivity index (χ0) is 13.4. The third-order valence-electron chi connectivity index (χ3n) is 3.87. The Bertz CT molecular complexity index is 644. The van der Waals surface area contributed by atoms with Gasteiger partial charge in [-0.05, 0) is 32.1 Å². The Kier molecular flexibility index (Phi) is 3.26. The number of rotatable bonds is 4. The Morgan fingerprint density at radius 3 is 3.00 bits per heavy atom. The summed E-state index contributed by atoms with van der Waals surface area (Å²) in [6.07, 6.45) is 4.68. The average Bonchev–Trinajstić information content (AvgIpc) is 2.69. The number of hydrogen-bond donors (Lipinski definition) is 1. The van der Waals surface area contributed by atoms with Crippen LogP contribution >= 0.6 is 11.3 Å². The predicted octanol–water partition coefficient (Wildman–Crippen LogP) is 2.31. The molecule has 5 nitrogen and oxygen atoms in total. The van der Waals surface area contributed by atoms with Crippen LogP contribution < -0.4 is 10.9 Å². The van der Waals surface area contributed by atoms with Crippen LogP contribution in [0.4, 0.5) is 5.13 Å². The van der Waals surface area contributed by atoms with Gasteiger partial charge in [-0.25, -0.2) is 4.98 Å². The summed E-state index contributed by atoms with van der Waals surface area (Å²) in [5.74, 6) is 0.739. The Morgan fingerprint density at radius 1 is 1.58 bits per heavy atom. The fourth-order valence-corrected chi connectivity index (χ4v) is 3.27. The molecule has 0 aromatic carbocycles. The molecule has 1 atom stereocenters. The van der Waals surface area contributed by atoms with E-state index in [4.69, 9.17) is 0 Å². The van der Waals surface area contributed by atoms with E-state index in [9.17, 15) is 4.79 Å². The number of hydrogen-bond acceptors (Lipinski definition) is 5. The average molecular weight is 278 g/mol. The maximum absolute atomic E-state index is 11.9. The first-order valence-electron chi connectivity index (χ1n) is 6.83. The standard InChI is InChI=1S/C13H18N4OS/c1-3-10-7-11(18)17-13(15-10)19-12(16-17)14-8(2)9-5-4-6-9/h7-9H,3-6H2,1-2H3,(H,14,16). The van der Waals surface area contributed by atoms with Crippen LogP contribution in [0.25, 0.3) is 4.96 Å². The smallest absolute Gasteiger partial charge is 0.275 e. The van der Waals surface area contributed by atoms with Crippen LogP contribution in [0.1, 0.15) is 38.8 Å². The molecule has 1 N–H and O–H groups in total. The normalized spacial score (nSPS) is 17.4. The minimum atomic E-state index is -0.0950. The van der Waals surface area contributed by atoms with Gasteiger partial charge < -0.3 is 5.32 Å². The van der Waals surface area contributed by atoms with Crippen LogP contribution in [0.2, 0.25) is 0 Å². The molecule has 2 aromatic heterocycles. The maximum Gasteiger partial charge on any atom is 0.275 e. The van der Waals surface area contributed by atoms with Gasteiger partial charge in [0.15, 0.2) is 0 Å². The first-order valence-corrected chi connectivity index (χ1v) is 7.65. The monoisotopic (exact) mass is 278 g/mol. The second kappa shape index (κ2) is 4.92. The molecule has 102 valence electrons. The molecule has 1 saturated carbocycles. The highest BCUT2D eigenvalue weighted by Gasteiger charge is 2.24. The number of nitrogens with one attached hydrogen (secondary N) is 1. The van der Waals surface area contributed by atoms with Gasteiger partial charge in [0.05, 0.1) is 0 Å². The molecule has 3 rings (SSSR count). The Hall–Kier alpha value is -1.43. The Balaban J connectivity index is 1.88. The topological polar surface area (TPSA) is 59.3 Å². The van der Waals surface area contributed by atoms with Crippen molar-refractivity contribution in [2.24, 2.45) is 5.92 Å². The molecule has 1 aliphatic rings. The molecule has 2 heterocycles. The quantitative estimate of drug-likeness (QED) is 0.932. The summed E-state index contributed by atoms with van der Waals surface area (Å²) in [7, 11) is 0. The molecular weight excluding hydrogens is 260 g/mol. The maximum atomic E-state index is 11.9. The zero-order valence-corrected chi connectivity index (χ0v) is 12.0. The summed E-state index contributed by atoms with van der Waals surface area (Å²) in [6, 6.07) is 1.97. The largest absolute Gasteiger partial charge is 0.357 e. The van der Waals surface area contributed by atoms with Crippen molar-refractivity contribution in [2.45, 2.75) is 45.6 Å². The van der Waals surface area contributed by atoms with E-state index in [-0.39, 0.29) is 5.56 Å². The van der Waals surface area contributed by atoms with E-state index >= 15 is 0 Å². The van der Waals surface area contributed by atoms with Crippen LogP contribution in [0.3, 0.4) is 0 Å². The fraction of sp³-hybridized carbons (Fsp3) is 0.615. The number of anilines is 1. The van der Waals surface area contributed by atoms with Gasteiger partial charge in [0, 0.05) is 17.8 Å². The third-order valence-corrected chi connectivity index (χ3v) is 4.71. The molecular formula is C13H18N4OS. The summed E-state index contributed by atoms with van der Waals surface area (Å²) >= 11 is 1.45. The Labute approximate surface area is 115 Å². The third kappa shape index (κ3) is 2.36. The molecule has 0 bridgehead atoms. The van der Waals surface area contributed by atoms with Crippen LogP contribution in [0, 0.1) is 5.92 Å². The van der Waals surface area contributed by atoms with Gasteiger partial charge in [0.1, 0.15) is 0 Å². The molecule has 1 aliphatic carbocycles. The van der Waals surface area contributed by atoms with Gasteiger partial charge in [-0.2, -0.15) is 4.52 Å². The number of aromatic nitrogens is 3. The summed E-state index contributed by atoms with van der Waals surface area (Å²) in [5, 5.41) is 8.51. The number of aryl methyl sites for hydroxylation is 1. The lowest BCUT2D eigenvalue weighted by atomic mass is 9.80. The van der Waals surface area contributed by atoms with E-state index in [1.807, 2.05) is 6.92 Å². The second-order valence-electron chi connectivity index (χ2n) is 5.16. The predicted molar refractivity (Wildman–Crippen MR) is 76.9 cm³/mol. The molecule has 0 saturated heterocycles. The van der Waals surface area contributed by atoms with Crippen molar-refractivity contribution in [3.8, 4) is 0 Å². The van der Waals surface area contributed by atoms with Gasteiger partial charge >= 0.3 is 0 Å². The molecule has 1 unspecified atom stereocenters. The second-order valence-corrected chi connectivity index (χ2v) is 6.12. The van der Waals surface area contributed by atoms with Gasteiger partial charge in [-0.15, -0.1) is 5.10 Å². The highest BCUT2D eigenvalue weighted by Crippen LogP contribution is 2.31. The molecule has 19 heavy (non-hydrogen) atoms. The minimum absolute atomic E-state index is 0.0950. The fourth-order valence-electron chi connectivity index (χ4n) is 2.35. The van der Waals surface area contributed by atoms with Gasteiger partial charge in [0.2, 0.25) is 10.1 Å². The van der Waals surface area contributed by atoms with Crippen molar-refractivity contribution in [3.05, 3.63) is 22.1 Å². The van der Waals surface area contributed by atoms with Crippen molar-refractivity contribution in [1.29, 1.82) is 0 Å². The van der Waals surface area contributed by atoms with Crippen LogP contribution in [0.5, 0.6) is 0 Å². The van der Waals surface area contributed by atoms with E-state index in [1.54, 1.807) is 6.07 Å². The van der Waals surface area contributed by atoms with Crippen molar-refractivity contribution < 1.29 is 0 Å². The molecule has 6 heteroatoms. The minimum Gasteiger partial charge on any atom is -0.357 e. The van der Waals surface area contributed by atoms with E-state index in [2.05, 4.69) is 22.3 Å². The van der Waals surface area contributed by atoms with Crippen molar-refractivity contribution in [3.63, 3.8) is 0 Å². The van der Waals surface area contributed by atoms with Crippen LogP contribution in [-0.4, -0.2) is 20.6 Å². The van der Waals surface area contributed by atoms with E-state index < -0.39 is 0 Å². The number of fused-ring (bicyclic) bond motifs is 1. The van der Waals surface area contributed by atoms with Crippen molar-refractivity contribution >= 4 is 21.4 Å². The first kappa shape index (κ1) is 12.6. The zero-order valence-electron chi connectivity index (χ0n) is 11.2. The van der Waals surface area contributed by atoms with Gasteiger partial charge in [-0.3, -0.25) is 4.79 Å². The molecule has 2 aromatic rings. The molecule has 0 amide bonds. The SMILES string of the molecule is CCc1cc(=O)n2nc(NC(C)C3CCC3)sc2n1. The van der Waals surface area contributed by atoms with Crippen molar-refractivity contribution in [2.75, 3.05) is 5.32 Å². The van der Waals surface area contributed by atoms with Crippen LogP contribution in [-0.2, 0) is 6.42 Å². The van der Waals surface area contributed by atoms with E-state index in [0.717, 1.165) is 23.2 Å². The van der Waals surface area contributed by atoms with Gasteiger partial charge in [0.25, 0.3) is 5.56 Å². The molecule has 0 aliphatic heterocycles. The first-order chi connectivity index (χ1) is 9.17. The summed E-state index contributed by atoms with van der Waals surface area (Å²) < 4.78 is 1.39. The Morgan fingerprint density at radius 2 is 2.37 bits per heavy atom. The molecule has 0 spiro atoms. The summed E-state index contributed by atoms with van der Waals surface area (Å²) in [4.78, 5) is 17.0. The highest BCUT2D eigenvalue weighted by molar-refractivity contribution is 7.20. The van der Waals surface area contributed by atoms with Gasteiger partial charge in [-0.1, -0.05) is 24.7 Å². The lowest BCUT2D eigenvalue weighted by molar-refractivity contribution is 0.285. The van der Waals surface area contributed by atoms with Crippen molar-refractivity contribution in [1.82, 2.24) is 14.6 Å². The number of nitrogens with zero attached hydrogens (tertiary/aromatic N) is 3. The summed E-state index contributed by atoms with van der Waals surface area (Å²) in [6.45, 7) is 4.18. The highest BCUT2D eigenvalue weighted by atomic mass is 32.1. The van der Waals surface area contributed by atoms with E-state index in [0.29, 0.717) is 11.0 Å². The summed E-state index contributed by atoms with van der Waals surface area (Å²) in [5.41, 5.74) is 0.731. The van der Waals surface area contributed by atoms with Crippen LogP contribution in [0.15, 0.2) is 10.9 Å².